The number of benzene rings is 1. The van der Waals surface area contributed by atoms with Crippen LogP contribution in [0.5, 0.6) is 0 Å². The highest BCUT2D eigenvalue weighted by molar-refractivity contribution is 5.59. The zero-order valence-electron chi connectivity index (χ0n) is 8.77. The van der Waals surface area contributed by atoms with Crippen LogP contribution in [0.4, 0.5) is 6.01 Å². The zero-order valence-corrected chi connectivity index (χ0v) is 8.77. The molecule has 0 spiro atoms. The first kappa shape index (κ1) is 9.42. The van der Waals surface area contributed by atoms with Crippen molar-refractivity contribution in [3.8, 4) is 11.3 Å². The number of nitrogens with two attached hydrogens (primary N) is 1. The zero-order chi connectivity index (χ0) is 11.0. The molecule has 0 bridgehead atoms. The average Bonchev–Trinajstić information content (AvgIpc) is 2.75. The van der Waals surface area contributed by atoms with Crippen LogP contribution in [-0.2, 0) is 17.8 Å². The molecule has 0 saturated carbocycles. The number of anilines is 1. The molecule has 0 unspecified atom stereocenters. The summed E-state index contributed by atoms with van der Waals surface area (Å²) >= 11 is 0. The van der Waals surface area contributed by atoms with Crippen molar-refractivity contribution >= 4 is 6.01 Å². The van der Waals surface area contributed by atoms with Crippen LogP contribution >= 0.6 is 0 Å². The van der Waals surface area contributed by atoms with E-state index in [1.807, 2.05) is 6.07 Å². The first-order valence-corrected chi connectivity index (χ1v) is 5.24. The van der Waals surface area contributed by atoms with Gasteiger partial charge >= 0.3 is 0 Å². The SMILES string of the molecule is Nc1ncc(-c2ccc3c(c2)CCOC3)o1. The number of nitrogen functional groups attached to an aromatic ring is 1. The summed E-state index contributed by atoms with van der Waals surface area (Å²) < 4.78 is 10.7. The van der Waals surface area contributed by atoms with Gasteiger partial charge in [-0.25, -0.2) is 4.98 Å². The minimum absolute atomic E-state index is 0.205. The lowest BCUT2D eigenvalue weighted by molar-refractivity contribution is 0.111. The van der Waals surface area contributed by atoms with Gasteiger partial charge in [-0.2, -0.15) is 0 Å². The predicted molar refractivity (Wildman–Crippen MR) is 59.7 cm³/mol. The molecule has 1 aliphatic heterocycles. The lowest BCUT2D eigenvalue weighted by Gasteiger charge is -2.16. The van der Waals surface area contributed by atoms with Gasteiger partial charge < -0.3 is 14.9 Å². The summed E-state index contributed by atoms with van der Waals surface area (Å²) in [6, 6.07) is 6.41. The molecule has 2 N–H and O–H groups in total. The van der Waals surface area contributed by atoms with Crippen molar-refractivity contribution in [1.82, 2.24) is 4.98 Å². The fourth-order valence-corrected chi connectivity index (χ4v) is 1.94. The van der Waals surface area contributed by atoms with Crippen molar-refractivity contribution in [3.05, 3.63) is 35.5 Å². The van der Waals surface area contributed by atoms with Gasteiger partial charge in [0.05, 0.1) is 19.4 Å². The molecule has 4 heteroatoms. The van der Waals surface area contributed by atoms with Gasteiger partial charge in [0, 0.05) is 5.56 Å². The summed E-state index contributed by atoms with van der Waals surface area (Å²) in [6.45, 7) is 1.49. The molecule has 0 saturated heterocycles. The largest absolute Gasteiger partial charge is 0.424 e. The van der Waals surface area contributed by atoms with E-state index >= 15 is 0 Å². The Bertz CT molecular complexity index is 519. The molecule has 0 amide bonds. The Hall–Kier alpha value is -1.81. The predicted octanol–water partition coefficient (Wildman–Crippen LogP) is 2.00. The van der Waals surface area contributed by atoms with E-state index in [0.717, 1.165) is 18.6 Å². The molecule has 16 heavy (non-hydrogen) atoms. The smallest absolute Gasteiger partial charge is 0.292 e. The normalized spacial score (nSPS) is 14.8. The summed E-state index contributed by atoms with van der Waals surface area (Å²) in [7, 11) is 0. The lowest BCUT2D eigenvalue weighted by atomic mass is 10.00. The summed E-state index contributed by atoms with van der Waals surface area (Å²) in [5.41, 5.74) is 9.04. The minimum Gasteiger partial charge on any atom is -0.424 e. The molecule has 3 rings (SSSR count). The van der Waals surface area contributed by atoms with E-state index in [0.29, 0.717) is 12.4 Å². The van der Waals surface area contributed by atoms with Gasteiger partial charge in [-0.1, -0.05) is 12.1 Å². The van der Waals surface area contributed by atoms with Gasteiger partial charge in [0.25, 0.3) is 6.01 Å². The van der Waals surface area contributed by atoms with Crippen molar-refractivity contribution in [3.63, 3.8) is 0 Å². The fraction of sp³-hybridized carbons (Fsp3) is 0.250. The molecule has 1 aliphatic rings. The Kier molecular flexibility index (Phi) is 2.15. The van der Waals surface area contributed by atoms with Crippen LogP contribution in [-0.4, -0.2) is 11.6 Å². The van der Waals surface area contributed by atoms with E-state index in [1.54, 1.807) is 6.20 Å². The first-order valence-electron chi connectivity index (χ1n) is 5.24. The quantitative estimate of drug-likeness (QED) is 0.791. The monoisotopic (exact) mass is 216 g/mol. The van der Waals surface area contributed by atoms with Crippen LogP contribution in [0.2, 0.25) is 0 Å². The van der Waals surface area contributed by atoms with Crippen LogP contribution in [0.3, 0.4) is 0 Å². The van der Waals surface area contributed by atoms with E-state index in [-0.39, 0.29) is 6.01 Å². The number of fused-ring (bicyclic) bond motifs is 1. The van der Waals surface area contributed by atoms with Crippen molar-refractivity contribution in [2.75, 3.05) is 12.3 Å². The summed E-state index contributed by atoms with van der Waals surface area (Å²) in [4.78, 5) is 3.89. The number of hydrogen-bond acceptors (Lipinski definition) is 4. The van der Waals surface area contributed by atoms with Crippen molar-refractivity contribution < 1.29 is 9.15 Å². The van der Waals surface area contributed by atoms with Gasteiger partial charge in [-0.05, 0) is 23.6 Å². The van der Waals surface area contributed by atoms with Gasteiger partial charge in [0.2, 0.25) is 0 Å². The molecule has 2 heterocycles. The molecule has 0 radical (unpaired) electrons. The maximum Gasteiger partial charge on any atom is 0.292 e. The molecular weight excluding hydrogens is 204 g/mol. The maximum atomic E-state index is 5.46. The molecule has 82 valence electrons. The third-order valence-electron chi connectivity index (χ3n) is 2.79. The number of hydrogen-bond donors (Lipinski definition) is 1. The molecule has 0 aliphatic carbocycles. The summed E-state index contributed by atoms with van der Waals surface area (Å²) in [5.74, 6) is 0.715. The Balaban J connectivity index is 2.02. The van der Waals surface area contributed by atoms with Gasteiger partial charge in [-0.3, -0.25) is 0 Å². The number of aromatic nitrogens is 1. The van der Waals surface area contributed by atoms with Crippen molar-refractivity contribution in [2.45, 2.75) is 13.0 Å². The number of rotatable bonds is 1. The second kappa shape index (κ2) is 3.64. The van der Waals surface area contributed by atoms with Crippen LogP contribution < -0.4 is 5.73 Å². The van der Waals surface area contributed by atoms with Crippen molar-refractivity contribution in [1.29, 1.82) is 0 Å². The van der Waals surface area contributed by atoms with E-state index in [1.165, 1.54) is 11.1 Å². The third-order valence-corrected chi connectivity index (χ3v) is 2.79. The average molecular weight is 216 g/mol. The highest BCUT2D eigenvalue weighted by atomic mass is 16.5. The van der Waals surface area contributed by atoms with E-state index < -0.39 is 0 Å². The molecular formula is C12H12N2O2. The lowest BCUT2D eigenvalue weighted by Crippen LogP contribution is -2.09. The maximum absolute atomic E-state index is 5.46. The molecule has 1 aromatic carbocycles. The number of ether oxygens (including phenoxy) is 1. The molecule has 2 aromatic rings. The molecule has 4 nitrogen and oxygen atoms in total. The highest BCUT2D eigenvalue weighted by Gasteiger charge is 2.12. The minimum atomic E-state index is 0.205. The highest BCUT2D eigenvalue weighted by Crippen LogP contribution is 2.26. The second-order valence-electron chi connectivity index (χ2n) is 3.85. The molecule has 0 atom stereocenters. The van der Waals surface area contributed by atoms with Crippen LogP contribution in [0, 0.1) is 0 Å². The van der Waals surface area contributed by atoms with E-state index in [2.05, 4.69) is 17.1 Å². The van der Waals surface area contributed by atoms with Gasteiger partial charge in [0.1, 0.15) is 0 Å². The standard InChI is InChI=1S/C12H12N2O2/c13-12-14-6-11(16-12)9-1-2-10-7-15-4-3-8(10)5-9/h1-2,5-6H,3-4,7H2,(H2,13,14). The molecule has 1 aromatic heterocycles. The Morgan fingerprint density at radius 3 is 3.00 bits per heavy atom. The van der Waals surface area contributed by atoms with Crippen molar-refractivity contribution in [2.24, 2.45) is 0 Å². The third kappa shape index (κ3) is 1.57. The van der Waals surface area contributed by atoms with Crippen LogP contribution in [0.25, 0.3) is 11.3 Å². The Morgan fingerprint density at radius 1 is 1.25 bits per heavy atom. The van der Waals surface area contributed by atoms with Gasteiger partial charge in [-0.15, -0.1) is 0 Å². The topological polar surface area (TPSA) is 61.3 Å². The van der Waals surface area contributed by atoms with Gasteiger partial charge in [0.15, 0.2) is 5.76 Å². The molecule has 0 fully saturated rings. The summed E-state index contributed by atoms with van der Waals surface area (Å²) in [5, 5.41) is 0. The van der Waals surface area contributed by atoms with E-state index in [4.69, 9.17) is 14.9 Å². The number of nitrogens with zero attached hydrogens (tertiary/aromatic N) is 1. The fourth-order valence-electron chi connectivity index (χ4n) is 1.94. The summed E-state index contributed by atoms with van der Waals surface area (Å²) in [6.07, 6.45) is 2.60. The second-order valence-corrected chi connectivity index (χ2v) is 3.85. The number of oxazole rings is 1. The van der Waals surface area contributed by atoms with E-state index in [9.17, 15) is 0 Å². The Labute approximate surface area is 93.0 Å². The Morgan fingerprint density at radius 2 is 2.19 bits per heavy atom. The first-order chi connectivity index (χ1) is 7.83. The van der Waals surface area contributed by atoms with Crippen LogP contribution in [0.15, 0.2) is 28.8 Å². The van der Waals surface area contributed by atoms with Crippen LogP contribution in [0.1, 0.15) is 11.1 Å².